The molecular formula is C18H17Cl4N3OS. The molecule has 0 spiro atoms. The van der Waals surface area contributed by atoms with Crippen molar-refractivity contribution in [3.05, 3.63) is 64.2 Å². The van der Waals surface area contributed by atoms with Crippen molar-refractivity contribution in [2.24, 2.45) is 0 Å². The number of amides is 1. The molecule has 0 bridgehead atoms. The van der Waals surface area contributed by atoms with Gasteiger partial charge in [-0.1, -0.05) is 64.1 Å². The van der Waals surface area contributed by atoms with E-state index >= 15 is 0 Å². The number of benzene rings is 2. The SMILES string of the molecule is Cc1ccc(NC(=S)NC(NC(=O)c2ccc(Cl)cc2)C(Cl)(Cl)Cl)c(C)c1. The first kappa shape index (κ1) is 22.1. The van der Waals surface area contributed by atoms with Gasteiger partial charge in [-0.05, 0) is 62.0 Å². The first-order chi connectivity index (χ1) is 12.6. The number of hydrogen-bond donors (Lipinski definition) is 3. The van der Waals surface area contributed by atoms with Crippen LogP contribution in [0.1, 0.15) is 21.5 Å². The summed E-state index contributed by atoms with van der Waals surface area (Å²) < 4.78 is -1.84. The van der Waals surface area contributed by atoms with Gasteiger partial charge in [0.1, 0.15) is 6.17 Å². The standard InChI is InChI=1S/C18H17Cl4N3OS/c1-10-3-8-14(11(2)9-10)23-17(27)25-16(18(20,21)22)24-15(26)12-4-6-13(19)7-5-12/h3-9,16H,1-2H3,(H,24,26)(H2,23,25,27). The van der Waals surface area contributed by atoms with Gasteiger partial charge in [-0.2, -0.15) is 0 Å². The van der Waals surface area contributed by atoms with Crippen LogP contribution in [0, 0.1) is 13.8 Å². The second kappa shape index (κ2) is 9.30. The van der Waals surface area contributed by atoms with E-state index in [1.54, 1.807) is 24.3 Å². The third-order valence-corrected chi connectivity index (χ3v) is 4.74. The van der Waals surface area contributed by atoms with Crippen LogP contribution in [0.15, 0.2) is 42.5 Å². The predicted molar refractivity (Wildman–Crippen MR) is 118 cm³/mol. The molecule has 0 saturated carbocycles. The summed E-state index contributed by atoms with van der Waals surface area (Å²) in [7, 11) is 0. The lowest BCUT2D eigenvalue weighted by Crippen LogP contribution is -2.56. The summed E-state index contributed by atoms with van der Waals surface area (Å²) in [5.41, 5.74) is 3.32. The molecule has 0 aliphatic rings. The average molecular weight is 465 g/mol. The molecule has 3 N–H and O–H groups in total. The number of nitrogens with one attached hydrogen (secondary N) is 3. The fourth-order valence-corrected chi connectivity index (χ4v) is 2.94. The Morgan fingerprint density at radius 2 is 1.67 bits per heavy atom. The molecule has 0 aliphatic heterocycles. The van der Waals surface area contributed by atoms with Crippen LogP contribution in [0.25, 0.3) is 0 Å². The zero-order chi connectivity index (χ0) is 20.2. The highest BCUT2D eigenvalue weighted by atomic mass is 35.6. The van der Waals surface area contributed by atoms with Gasteiger partial charge >= 0.3 is 0 Å². The maximum atomic E-state index is 12.4. The summed E-state index contributed by atoms with van der Waals surface area (Å²) in [5, 5.41) is 9.20. The van der Waals surface area contributed by atoms with Gasteiger partial charge in [0, 0.05) is 16.3 Å². The molecular weight excluding hydrogens is 448 g/mol. The largest absolute Gasteiger partial charge is 0.339 e. The molecule has 1 atom stereocenters. The Labute approximate surface area is 183 Å². The molecule has 0 heterocycles. The molecule has 2 rings (SSSR count). The van der Waals surface area contributed by atoms with E-state index in [4.69, 9.17) is 58.6 Å². The molecule has 1 amide bonds. The summed E-state index contributed by atoms with van der Waals surface area (Å²) in [5.74, 6) is -0.440. The molecule has 0 radical (unpaired) electrons. The minimum atomic E-state index is -1.84. The lowest BCUT2D eigenvalue weighted by atomic mass is 10.1. The van der Waals surface area contributed by atoms with Crippen molar-refractivity contribution in [3.8, 4) is 0 Å². The van der Waals surface area contributed by atoms with Crippen LogP contribution >= 0.6 is 58.6 Å². The summed E-state index contributed by atoms with van der Waals surface area (Å²) in [6.45, 7) is 3.95. The lowest BCUT2D eigenvalue weighted by molar-refractivity contribution is 0.0934. The second-order valence-electron chi connectivity index (χ2n) is 5.87. The number of thiocarbonyl (C=S) groups is 1. The quantitative estimate of drug-likeness (QED) is 0.323. The third kappa shape index (κ3) is 6.70. The van der Waals surface area contributed by atoms with Gasteiger partial charge in [0.25, 0.3) is 5.91 Å². The van der Waals surface area contributed by atoms with Crippen LogP contribution in [-0.4, -0.2) is 21.0 Å². The maximum absolute atomic E-state index is 12.4. The van der Waals surface area contributed by atoms with E-state index in [0.29, 0.717) is 10.6 Å². The Morgan fingerprint density at radius 3 is 2.22 bits per heavy atom. The number of alkyl halides is 3. The van der Waals surface area contributed by atoms with Crippen LogP contribution in [0.3, 0.4) is 0 Å². The second-order valence-corrected chi connectivity index (χ2v) is 9.09. The number of rotatable bonds is 4. The number of carbonyl (C=O) groups is 1. The Kier molecular flexibility index (Phi) is 7.60. The molecule has 2 aromatic carbocycles. The fraction of sp³-hybridized carbons (Fsp3) is 0.222. The molecule has 0 saturated heterocycles. The van der Waals surface area contributed by atoms with Gasteiger partial charge in [-0.3, -0.25) is 4.79 Å². The summed E-state index contributed by atoms with van der Waals surface area (Å²) in [6.07, 6.45) is -1.06. The smallest absolute Gasteiger partial charge is 0.252 e. The van der Waals surface area contributed by atoms with Gasteiger partial charge in [0.15, 0.2) is 5.11 Å². The van der Waals surface area contributed by atoms with Gasteiger partial charge in [-0.15, -0.1) is 0 Å². The Hall–Kier alpha value is -1.24. The van der Waals surface area contributed by atoms with Crippen molar-refractivity contribution in [3.63, 3.8) is 0 Å². The highest BCUT2D eigenvalue weighted by molar-refractivity contribution is 7.80. The molecule has 0 aromatic heterocycles. The molecule has 4 nitrogen and oxygen atoms in total. The van der Waals surface area contributed by atoms with E-state index in [0.717, 1.165) is 16.8 Å². The van der Waals surface area contributed by atoms with Gasteiger partial charge in [-0.25, -0.2) is 0 Å². The van der Waals surface area contributed by atoms with Gasteiger partial charge in [0.2, 0.25) is 3.79 Å². The zero-order valence-corrected chi connectivity index (χ0v) is 18.3. The predicted octanol–water partition coefficient (Wildman–Crippen LogP) is 5.37. The van der Waals surface area contributed by atoms with E-state index in [-0.39, 0.29) is 5.11 Å². The first-order valence-corrected chi connectivity index (χ1v) is 9.76. The number of anilines is 1. The van der Waals surface area contributed by atoms with E-state index in [1.165, 1.54) is 0 Å². The monoisotopic (exact) mass is 463 g/mol. The van der Waals surface area contributed by atoms with Crippen LogP contribution in [-0.2, 0) is 0 Å². The highest BCUT2D eigenvalue weighted by Gasteiger charge is 2.35. The molecule has 2 aromatic rings. The van der Waals surface area contributed by atoms with Crippen LogP contribution in [0.5, 0.6) is 0 Å². The minimum absolute atomic E-state index is 0.203. The normalized spacial score (nSPS) is 12.2. The van der Waals surface area contributed by atoms with Crippen LogP contribution in [0.4, 0.5) is 5.69 Å². The molecule has 1 unspecified atom stereocenters. The maximum Gasteiger partial charge on any atom is 0.252 e. The summed E-state index contributed by atoms with van der Waals surface area (Å²) >= 11 is 29.1. The topological polar surface area (TPSA) is 53.2 Å². The number of aryl methyl sites for hydroxylation is 2. The van der Waals surface area contributed by atoms with Gasteiger partial charge < -0.3 is 16.0 Å². The zero-order valence-electron chi connectivity index (χ0n) is 14.4. The lowest BCUT2D eigenvalue weighted by Gasteiger charge is -2.28. The molecule has 144 valence electrons. The molecule has 9 heteroatoms. The Bertz CT molecular complexity index is 837. The first-order valence-electron chi connectivity index (χ1n) is 7.84. The third-order valence-electron chi connectivity index (χ3n) is 3.61. The molecule has 0 aliphatic carbocycles. The Morgan fingerprint density at radius 1 is 1.04 bits per heavy atom. The van der Waals surface area contributed by atoms with Crippen molar-refractivity contribution in [1.29, 1.82) is 0 Å². The van der Waals surface area contributed by atoms with E-state index in [2.05, 4.69) is 16.0 Å². The minimum Gasteiger partial charge on any atom is -0.339 e. The van der Waals surface area contributed by atoms with Crippen molar-refractivity contribution < 1.29 is 4.79 Å². The van der Waals surface area contributed by atoms with E-state index in [1.807, 2.05) is 32.0 Å². The fourth-order valence-electron chi connectivity index (χ4n) is 2.26. The van der Waals surface area contributed by atoms with Crippen molar-refractivity contribution >= 4 is 75.3 Å². The summed E-state index contributed by atoms with van der Waals surface area (Å²) in [4.78, 5) is 12.4. The van der Waals surface area contributed by atoms with Crippen molar-refractivity contribution in [2.45, 2.75) is 23.8 Å². The van der Waals surface area contributed by atoms with E-state index in [9.17, 15) is 4.79 Å². The van der Waals surface area contributed by atoms with Gasteiger partial charge in [0.05, 0.1) is 0 Å². The number of hydrogen-bond acceptors (Lipinski definition) is 2. The van der Waals surface area contributed by atoms with Crippen LogP contribution < -0.4 is 16.0 Å². The Balaban J connectivity index is 2.08. The van der Waals surface area contributed by atoms with Crippen LogP contribution in [0.2, 0.25) is 5.02 Å². The average Bonchev–Trinajstić information content (AvgIpc) is 2.56. The number of halogens is 4. The molecule has 0 fully saturated rings. The highest BCUT2D eigenvalue weighted by Crippen LogP contribution is 2.29. The van der Waals surface area contributed by atoms with Crippen molar-refractivity contribution in [1.82, 2.24) is 10.6 Å². The van der Waals surface area contributed by atoms with Crippen molar-refractivity contribution in [2.75, 3.05) is 5.32 Å². The number of carbonyl (C=O) groups excluding carboxylic acids is 1. The summed E-state index contributed by atoms with van der Waals surface area (Å²) in [6, 6.07) is 12.2. The molecule has 27 heavy (non-hydrogen) atoms. The van der Waals surface area contributed by atoms with E-state index < -0.39 is 15.9 Å².